The standard InChI is InChI=1S/C31H61NO4Si3/c1-29-18-15-24(35-38(7,8)9)21-23(29)13-14-25-26(29)16-19-30(2)27(25)17-20-31(30,36-39(10,11)12)28(32-33-3)22-34-37(4,5)6/h23-27H,13-22H2,1-12H3/t23-,24-,25?,26?,27?,29+,30+,31+/m1/s1. The van der Waals surface area contributed by atoms with E-state index in [0.717, 1.165) is 29.9 Å². The molecular formula is C31H61NO4Si3. The second-order valence-corrected chi connectivity index (χ2v) is 30.3. The molecule has 4 fully saturated rings. The molecule has 0 aromatic heterocycles. The molecule has 0 aromatic carbocycles. The Morgan fingerprint density at radius 1 is 0.769 bits per heavy atom. The van der Waals surface area contributed by atoms with Crippen LogP contribution in [0.2, 0.25) is 58.9 Å². The number of oxime groups is 1. The fraction of sp³-hybridized carbons (Fsp3) is 0.968. The third-order valence-electron chi connectivity index (χ3n) is 11.0. The summed E-state index contributed by atoms with van der Waals surface area (Å²) >= 11 is 0. The van der Waals surface area contributed by atoms with Gasteiger partial charge in [-0.15, -0.1) is 0 Å². The van der Waals surface area contributed by atoms with Crippen LogP contribution in [-0.4, -0.2) is 56.1 Å². The Labute approximate surface area is 243 Å². The van der Waals surface area contributed by atoms with E-state index in [2.05, 4.69) is 72.8 Å². The first-order valence-corrected chi connectivity index (χ1v) is 26.2. The molecule has 3 unspecified atom stereocenters. The van der Waals surface area contributed by atoms with Gasteiger partial charge in [0.2, 0.25) is 0 Å². The zero-order chi connectivity index (χ0) is 29.1. The van der Waals surface area contributed by atoms with Crippen LogP contribution in [0.1, 0.15) is 71.6 Å². The number of nitrogens with zero attached hydrogens (tertiary/aromatic N) is 1. The van der Waals surface area contributed by atoms with Crippen molar-refractivity contribution in [3.05, 3.63) is 0 Å². The fourth-order valence-electron chi connectivity index (χ4n) is 9.66. The fourth-order valence-corrected chi connectivity index (χ4v) is 12.9. The molecule has 4 aliphatic carbocycles. The van der Waals surface area contributed by atoms with Crippen LogP contribution in [0.15, 0.2) is 5.16 Å². The van der Waals surface area contributed by atoms with Crippen LogP contribution in [0, 0.1) is 34.5 Å². The van der Waals surface area contributed by atoms with E-state index in [0.29, 0.717) is 24.0 Å². The third-order valence-corrected chi connectivity index (χ3v) is 14.1. The molecule has 4 saturated carbocycles. The lowest BCUT2D eigenvalue weighted by molar-refractivity contribution is -0.139. The highest BCUT2D eigenvalue weighted by atomic mass is 28.4. The zero-order valence-corrected chi connectivity index (χ0v) is 30.5. The molecule has 5 nitrogen and oxygen atoms in total. The van der Waals surface area contributed by atoms with Crippen molar-refractivity contribution in [3.8, 4) is 0 Å². The lowest BCUT2D eigenvalue weighted by Gasteiger charge is -2.62. The summed E-state index contributed by atoms with van der Waals surface area (Å²) in [5.41, 5.74) is 1.15. The minimum absolute atomic E-state index is 0.0654. The largest absolute Gasteiger partial charge is 0.415 e. The summed E-state index contributed by atoms with van der Waals surface area (Å²) in [6, 6.07) is 0. The monoisotopic (exact) mass is 595 g/mol. The normalized spacial score (nSPS) is 41.5. The smallest absolute Gasteiger partial charge is 0.185 e. The quantitative estimate of drug-likeness (QED) is 0.152. The zero-order valence-electron chi connectivity index (χ0n) is 27.5. The Bertz CT molecular complexity index is 909. The van der Waals surface area contributed by atoms with Crippen molar-refractivity contribution in [1.29, 1.82) is 0 Å². The maximum absolute atomic E-state index is 7.36. The van der Waals surface area contributed by atoms with Crippen molar-refractivity contribution in [2.75, 3.05) is 13.7 Å². The summed E-state index contributed by atoms with van der Waals surface area (Å²) in [5, 5.41) is 4.72. The summed E-state index contributed by atoms with van der Waals surface area (Å²) in [4.78, 5) is 5.53. The van der Waals surface area contributed by atoms with E-state index in [1.807, 2.05) is 0 Å². The summed E-state index contributed by atoms with van der Waals surface area (Å²) in [7, 11) is -3.43. The molecular weight excluding hydrogens is 535 g/mol. The molecule has 0 aromatic rings. The first-order chi connectivity index (χ1) is 17.8. The Hall–Kier alpha value is 0.000649. The van der Waals surface area contributed by atoms with Crippen molar-refractivity contribution in [2.24, 2.45) is 39.7 Å². The number of hydrogen-bond donors (Lipinski definition) is 0. The summed E-state index contributed by atoms with van der Waals surface area (Å²) < 4.78 is 20.5. The van der Waals surface area contributed by atoms with Crippen molar-refractivity contribution in [1.82, 2.24) is 0 Å². The van der Waals surface area contributed by atoms with Gasteiger partial charge >= 0.3 is 0 Å². The molecule has 0 amide bonds. The maximum Gasteiger partial charge on any atom is 0.185 e. The summed E-state index contributed by atoms with van der Waals surface area (Å²) in [6.45, 7) is 26.6. The molecule has 0 aliphatic heterocycles. The van der Waals surface area contributed by atoms with Gasteiger partial charge in [0.1, 0.15) is 18.4 Å². The lowest BCUT2D eigenvalue weighted by Crippen LogP contribution is -2.62. The van der Waals surface area contributed by atoms with Gasteiger partial charge < -0.3 is 18.1 Å². The van der Waals surface area contributed by atoms with Gasteiger partial charge in [0.05, 0.1) is 6.61 Å². The number of rotatable bonds is 9. The van der Waals surface area contributed by atoms with Crippen molar-refractivity contribution in [2.45, 2.75) is 142 Å². The van der Waals surface area contributed by atoms with E-state index < -0.39 is 25.0 Å². The Morgan fingerprint density at radius 2 is 1.44 bits per heavy atom. The van der Waals surface area contributed by atoms with Crippen LogP contribution in [-0.2, 0) is 18.1 Å². The van der Waals surface area contributed by atoms with E-state index in [9.17, 15) is 0 Å². The molecule has 4 aliphatic rings. The van der Waals surface area contributed by atoms with Gasteiger partial charge in [-0.25, -0.2) is 0 Å². The molecule has 0 N–H and O–H groups in total. The van der Waals surface area contributed by atoms with E-state index >= 15 is 0 Å². The number of fused-ring (bicyclic) bond motifs is 5. The van der Waals surface area contributed by atoms with Gasteiger partial charge in [-0.2, -0.15) is 0 Å². The van der Waals surface area contributed by atoms with E-state index in [1.54, 1.807) is 7.11 Å². The second-order valence-electron chi connectivity index (χ2n) is 16.9. The van der Waals surface area contributed by atoms with E-state index in [-0.39, 0.29) is 11.0 Å². The van der Waals surface area contributed by atoms with Gasteiger partial charge in [-0.05, 0) is 146 Å². The minimum Gasteiger partial charge on any atom is -0.415 e. The predicted molar refractivity (Wildman–Crippen MR) is 171 cm³/mol. The van der Waals surface area contributed by atoms with Crippen LogP contribution in [0.4, 0.5) is 0 Å². The molecule has 0 heterocycles. The molecule has 0 radical (unpaired) electrons. The van der Waals surface area contributed by atoms with Crippen LogP contribution in [0.5, 0.6) is 0 Å². The Morgan fingerprint density at radius 3 is 2.03 bits per heavy atom. The molecule has 8 heteroatoms. The minimum atomic E-state index is -1.89. The highest BCUT2D eigenvalue weighted by Gasteiger charge is 2.67. The Kier molecular flexibility index (Phi) is 8.95. The van der Waals surface area contributed by atoms with Crippen LogP contribution < -0.4 is 0 Å². The SMILES string of the molecule is CON=C(CO[Si](C)(C)C)[C@@]1(O[Si](C)(C)C)CCC2C3CC[C@@H]4C[C@H](O[Si](C)(C)C)CC[C@]4(C)C3CC[C@@]21C. The number of hydrogen-bond acceptors (Lipinski definition) is 5. The van der Waals surface area contributed by atoms with E-state index in [4.69, 9.17) is 23.3 Å². The van der Waals surface area contributed by atoms with Gasteiger partial charge in [0.25, 0.3) is 0 Å². The topological polar surface area (TPSA) is 49.3 Å². The molecule has 8 atom stereocenters. The lowest BCUT2D eigenvalue weighted by atomic mass is 9.44. The van der Waals surface area contributed by atoms with E-state index in [1.165, 1.54) is 51.4 Å². The maximum atomic E-state index is 7.36. The first-order valence-electron chi connectivity index (χ1n) is 16.0. The van der Waals surface area contributed by atoms with Crippen molar-refractivity contribution >= 4 is 30.7 Å². The first kappa shape index (κ1) is 31.9. The van der Waals surface area contributed by atoms with Gasteiger partial charge in [0, 0.05) is 11.5 Å². The summed E-state index contributed by atoms with van der Waals surface area (Å²) in [6.07, 6.45) is 11.9. The van der Waals surface area contributed by atoms with Crippen molar-refractivity contribution in [3.63, 3.8) is 0 Å². The summed E-state index contributed by atoms with van der Waals surface area (Å²) in [5.74, 6) is 3.10. The third kappa shape index (κ3) is 6.36. The molecule has 0 saturated heterocycles. The van der Waals surface area contributed by atoms with Gasteiger partial charge in [-0.1, -0.05) is 19.0 Å². The molecule has 0 bridgehead atoms. The average molecular weight is 596 g/mol. The van der Waals surface area contributed by atoms with Crippen LogP contribution in [0.25, 0.3) is 0 Å². The molecule has 0 spiro atoms. The average Bonchev–Trinajstić information content (AvgIpc) is 3.06. The molecule has 226 valence electrons. The van der Waals surface area contributed by atoms with Crippen LogP contribution in [0.3, 0.4) is 0 Å². The van der Waals surface area contributed by atoms with Crippen LogP contribution >= 0.6 is 0 Å². The van der Waals surface area contributed by atoms with Crippen molar-refractivity contribution < 1.29 is 18.1 Å². The Balaban J connectivity index is 1.63. The van der Waals surface area contributed by atoms with Gasteiger partial charge in [-0.3, -0.25) is 0 Å². The highest BCUT2D eigenvalue weighted by Crippen LogP contribution is 2.69. The van der Waals surface area contributed by atoms with Gasteiger partial charge in [0.15, 0.2) is 25.0 Å². The molecule has 4 rings (SSSR count). The highest BCUT2D eigenvalue weighted by molar-refractivity contribution is 6.70. The predicted octanol–water partition coefficient (Wildman–Crippen LogP) is 8.69. The second kappa shape index (κ2) is 10.9. The molecule has 39 heavy (non-hydrogen) atoms.